The Hall–Kier alpha value is -2.57. The topological polar surface area (TPSA) is 85.6 Å². The van der Waals surface area contributed by atoms with Crippen LogP contribution in [0.15, 0.2) is 28.8 Å². The molecule has 2 fully saturated rings. The number of benzene rings is 1. The van der Waals surface area contributed by atoms with Crippen LogP contribution in [0.5, 0.6) is 0 Å². The Bertz CT molecular complexity index is 1350. The molecule has 2 N–H and O–H groups in total. The minimum Gasteiger partial charge on any atom is -0.361 e. The quantitative estimate of drug-likeness (QED) is 0.231. The van der Waals surface area contributed by atoms with Crippen LogP contribution in [0.1, 0.15) is 41.8 Å². The summed E-state index contributed by atoms with van der Waals surface area (Å²) < 4.78 is 6.59. The largest absolute Gasteiger partial charge is 0.361 e. The van der Waals surface area contributed by atoms with Gasteiger partial charge in [-0.2, -0.15) is 0 Å². The first-order valence-corrected chi connectivity index (χ1v) is 17.0. The summed E-state index contributed by atoms with van der Waals surface area (Å²) in [6, 6.07) is 8.52. The Morgan fingerprint density at radius 3 is 2.51 bits per heavy atom. The third-order valence-electron chi connectivity index (χ3n) is 8.38. The third-order valence-corrected chi connectivity index (χ3v) is 9.88. The van der Waals surface area contributed by atoms with Gasteiger partial charge in [-0.1, -0.05) is 53.8 Å². The fourth-order valence-corrected chi connectivity index (χ4v) is 7.23. The molecule has 43 heavy (non-hydrogen) atoms. The summed E-state index contributed by atoms with van der Waals surface area (Å²) in [4.78, 5) is 17.7. The Morgan fingerprint density at radius 1 is 1.00 bits per heavy atom. The number of piperazine rings is 1. The first-order chi connectivity index (χ1) is 20.9. The summed E-state index contributed by atoms with van der Waals surface area (Å²) >= 11 is 7.70. The molecule has 0 bridgehead atoms. The Morgan fingerprint density at radius 2 is 1.79 bits per heavy atom. The molecule has 2 saturated heterocycles. The standard InChI is InChI=1S/C32H46N8OS2/c1-23-29(28-24(2)37-41-25(28)3)35-30(27-10-8-9-26(21-27)22-34-12-11-33-4)36-31(23)39-15-17-40(18-16-39)32(42)43-20-19-38-13-6-5-7-14-38/h8-10,21,33-34H,5-7,11-20,22H2,1-4H3. The molecule has 0 radical (unpaired) electrons. The molecule has 0 aliphatic carbocycles. The van der Waals surface area contributed by atoms with Crippen LogP contribution in [0, 0.1) is 20.8 Å². The number of likely N-dealkylation sites (tertiary alicyclic amines) is 1. The van der Waals surface area contributed by atoms with Gasteiger partial charge in [-0.25, -0.2) is 9.97 Å². The molecule has 9 nitrogen and oxygen atoms in total. The highest BCUT2D eigenvalue weighted by Crippen LogP contribution is 2.35. The summed E-state index contributed by atoms with van der Waals surface area (Å²) in [5.74, 6) is 3.54. The van der Waals surface area contributed by atoms with E-state index in [4.69, 9.17) is 26.7 Å². The van der Waals surface area contributed by atoms with E-state index in [1.54, 1.807) is 0 Å². The maximum atomic E-state index is 5.87. The number of likely N-dealkylation sites (N-methyl/N-ethyl adjacent to an activating group) is 1. The molecule has 0 unspecified atom stereocenters. The molecule has 0 amide bonds. The lowest BCUT2D eigenvalue weighted by Gasteiger charge is -2.37. The fourth-order valence-electron chi connectivity index (χ4n) is 5.91. The zero-order valence-corrected chi connectivity index (χ0v) is 27.7. The van der Waals surface area contributed by atoms with Crippen molar-refractivity contribution in [3.63, 3.8) is 0 Å². The number of nitrogens with one attached hydrogen (secondary N) is 2. The van der Waals surface area contributed by atoms with Gasteiger partial charge in [0.1, 0.15) is 15.9 Å². The van der Waals surface area contributed by atoms with Crippen LogP contribution >= 0.6 is 24.0 Å². The minimum atomic E-state index is 0.721. The number of hydrogen-bond donors (Lipinski definition) is 2. The number of thiocarbonyl (C=S) groups is 1. The molecular formula is C32H46N8OS2. The van der Waals surface area contributed by atoms with Crippen LogP contribution in [-0.2, 0) is 6.54 Å². The molecule has 11 heteroatoms. The summed E-state index contributed by atoms with van der Waals surface area (Å²) in [6.07, 6.45) is 4.04. The Balaban J connectivity index is 1.33. The van der Waals surface area contributed by atoms with E-state index in [0.29, 0.717) is 0 Å². The van der Waals surface area contributed by atoms with Crippen molar-refractivity contribution in [1.82, 2.24) is 35.6 Å². The van der Waals surface area contributed by atoms with Crippen LogP contribution < -0.4 is 15.5 Å². The van der Waals surface area contributed by atoms with Crippen molar-refractivity contribution >= 4 is 34.1 Å². The van der Waals surface area contributed by atoms with E-state index in [-0.39, 0.29) is 0 Å². The van der Waals surface area contributed by atoms with Gasteiger partial charge in [-0.05, 0) is 65.4 Å². The maximum absolute atomic E-state index is 5.87. The van der Waals surface area contributed by atoms with Crippen molar-refractivity contribution in [2.75, 3.05) is 76.6 Å². The van der Waals surface area contributed by atoms with Crippen molar-refractivity contribution in [1.29, 1.82) is 0 Å². The highest BCUT2D eigenvalue weighted by Gasteiger charge is 2.26. The van der Waals surface area contributed by atoms with Crippen LogP contribution in [-0.4, -0.2) is 101 Å². The van der Waals surface area contributed by atoms with Gasteiger partial charge in [0, 0.05) is 69.2 Å². The highest BCUT2D eigenvalue weighted by molar-refractivity contribution is 8.22. The predicted molar refractivity (Wildman–Crippen MR) is 182 cm³/mol. The van der Waals surface area contributed by atoms with E-state index in [9.17, 15) is 0 Å². The lowest BCUT2D eigenvalue weighted by Crippen LogP contribution is -2.48. The van der Waals surface area contributed by atoms with E-state index in [0.717, 1.165) is 108 Å². The lowest BCUT2D eigenvalue weighted by atomic mass is 10.0. The second-order valence-electron chi connectivity index (χ2n) is 11.5. The summed E-state index contributed by atoms with van der Waals surface area (Å²) in [6.45, 7) is 15.8. The third kappa shape index (κ3) is 8.13. The van der Waals surface area contributed by atoms with Crippen LogP contribution in [0.25, 0.3) is 22.6 Å². The van der Waals surface area contributed by atoms with Gasteiger partial charge in [-0.3, -0.25) is 0 Å². The van der Waals surface area contributed by atoms with Crippen molar-refractivity contribution in [3.8, 4) is 22.6 Å². The van der Waals surface area contributed by atoms with Gasteiger partial charge < -0.3 is 29.9 Å². The predicted octanol–water partition coefficient (Wildman–Crippen LogP) is 4.66. The van der Waals surface area contributed by atoms with Gasteiger partial charge in [0.25, 0.3) is 0 Å². The van der Waals surface area contributed by atoms with Crippen LogP contribution in [0.2, 0.25) is 0 Å². The van der Waals surface area contributed by atoms with Crippen LogP contribution in [0.4, 0.5) is 5.82 Å². The van der Waals surface area contributed by atoms with Crippen molar-refractivity contribution in [2.45, 2.75) is 46.6 Å². The molecule has 232 valence electrons. The number of hydrogen-bond acceptors (Lipinski definition) is 10. The molecule has 2 aliphatic rings. The second kappa shape index (κ2) is 15.4. The molecule has 3 aromatic rings. The normalized spacial score (nSPS) is 16.2. The minimum absolute atomic E-state index is 0.721. The second-order valence-corrected chi connectivity index (χ2v) is 13.2. The number of rotatable bonds is 11. The maximum Gasteiger partial charge on any atom is 0.162 e. The van der Waals surface area contributed by atoms with E-state index >= 15 is 0 Å². The summed E-state index contributed by atoms with van der Waals surface area (Å²) in [7, 11) is 1.97. The average Bonchev–Trinajstić information content (AvgIpc) is 3.37. The molecule has 2 aromatic heterocycles. The fraction of sp³-hybridized carbons (Fsp3) is 0.562. The molecule has 1 aromatic carbocycles. The monoisotopic (exact) mass is 622 g/mol. The molecule has 2 aliphatic heterocycles. The van der Waals surface area contributed by atoms with E-state index in [1.807, 2.05) is 32.7 Å². The van der Waals surface area contributed by atoms with Crippen molar-refractivity contribution in [2.24, 2.45) is 0 Å². The van der Waals surface area contributed by atoms with E-state index in [1.165, 1.54) is 37.9 Å². The summed E-state index contributed by atoms with van der Waals surface area (Å²) in [5.41, 5.74) is 5.95. The van der Waals surface area contributed by atoms with E-state index in [2.05, 4.69) is 61.7 Å². The smallest absolute Gasteiger partial charge is 0.162 e. The molecule has 0 atom stereocenters. The molecule has 0 saturated carbocycles. The number of anilines is 1. The molecule has 5 rings (SSSR count). The first kappa shape index (κ1) is 31.8. The van der Waals surface area contributed by atoms with Gasteiger partial charge in [0.2, 0.25) is 0 Å². The number of piperidine rings is 1. The lowest BCUT2D eigenvalue weighted by molar-refractivity contribution is 0.242. The highest BCUT2D eigenvalue weighted by atomic mass is 32.2. The Kier molecular flexibility index (Phi) is 11.4. The van der Waals surface area contributed by atoms with Gasteiger partial charge in [0.15, 0.2) is 5.82 Å². The Labute approximate surface area is 266 Å². The summed E-state index contributed by atoms with van der Waals surface area (Å²) in [5, 5.41) is 10.9. The molecular weight excluding hydrogens is 577 g/mol. The zero-order valence-electron chi connectivity index (χ0n) is 26.1. The van der Waals surface area contributed by atoms with E-state index < -0.39 is 0 Å². The SMILES string of the molecule is CNCCNCc1cccc(-c2nc(-c3c(C)noc3C)c(C)c(N3CCN(C(=S)SCCN4CCCCC4)CC3)n2)c1. The van der Waals surface area contributed by atoms with Gasteiger partial charge in [-0.15, -0.1) is 0 Å². The number of thioether (sulfide) groups is 1. The van der Waals surface area contributed by atoms with Gasteiger partial charge >= 0.3 is 0 Å². The molecule has 4 heterocycles. The zero-order chi connectivity index (χ0) is 30.2. The number of nitrogens with zero attached hydrogens (tertiary/aromatic N) is 6. The van der Waals surface area contributed by atoms with Crippen molar-refractivity contribution < 1.29 is 4.52 Å². The van der Waals surface area contributed by atoms with Crippen molar-refractivity contribution in [3.05, 3.63) is 46.8 Å². The first-order valence-electron chi connectivity index (χ1n) is 15.6. The molecule has 0 spiro atoms. The van der Waals surface area contributed by atoms with Gasteiger partial charge in [0.05, 0.1) is 17.0 Å². The van der Waals surface area contributed by atoms with Crippen LogP contribution in [0.3, 0.4) is 0 Å². The number of aromatic nitrogens is 3. The average molecular weight is 623 g/mol. The number of aryl methyl sites for hydroxylation is 2.